The molecule has 1 aromatic heterocycles. The predicted molar refractivity (Wildman–Crippen MR) is 89.5 cm³/mol. The molecule has 6 nitrogen and oxygen atoms in total. The molecular weight excluding hydrogens is 325 g/mol. The second-order valence-electron chi connectivity index (χ2n) is 6.45. The summed E-state index contributed by atoms with van der Waals surface area (Å²) in [6, 6.07) is 7.47. The van der Waals surface area contributed by atoms with Crippen LogP contribution in [-0.2, 0) is 11.8 Å². The number of nitrogens with zero attached hydrogens (tertiary/aromatic N) is 2. The highest BCUT2D eigenvalue weighted by Crippen LogP contribution is 2.29. The minimum atomic E-state index is -1.22. The fourth-order valence-corrected chi connectivity index (χ4v) is 3.30. The summed E-state index contributed by atoms with van der Waals surface area (Å²) < 4.78 is 14.6. The third-order valence-electron chi connectivity index (χ3n) is 4.72. The fraction of sp³-hybridized carbons (Fsp3) is 0.389. The van der Waals surface area contributed by atoms with E-state index in [1.807, 2.05) is 0 Å². The van der Waals surface area contributed by atoms with Gasteiger partial charge in [0.15, 0.2) is 5.69 Å². The summed E-state index contributed by atoms with van der Waals surface area (Å²) in [5.41, 5.74) is 0.301. The van der Waals surface area contributed by atoms with Crippen LogP contribution >= 0.6 is 0 Å². The molecule has 0 spiro atoms. The monoisotopic (exact) mass is 345 g/mol. The number of aliphatic carboxylic acids is 1. The molecular formula is C18H20FN3O3. The van der Waals surface area contributed by atoms with E-state index in [9.17, 15) is 19.1 Å². The zero-order valence-electron chi connectivity index (χ0n) is 14.0. The number of amides is 1. The van der Waals surface area contributed by atoms with Crippen molar-refractivity contribution < 1.29 is 19.1 Å². The molecule has 0 aliphatic heterocycles. The van der Waals surface area contributed by atoms with Gasteiger partial charge in [-0.05, 0) is 48.7 Å². The van der Waals surface area contributed by atoms with Crippen LogP contribution in [0.1, 0.15) is 42.6 Å². The third-order valence-corrected chi connectivity index (χ3v) is 4.72. The molecule has 0 atom stereocenters. The molecule has 1 saturated carbocycles. The van der Waals surface area contributed by atoms with Crippen LogP contribution in [0.5, 0.6) is 0 Å². The molecule has 3 rings (SSSR count). The largest absolute Gasteiger partial charge is 0.480 e. The van der Waals surface area contributed by atoms with Gasteiger partial charge in [0.1, 0.15) is 11.4 Å². The third kappa shape index (κ3) is 3.40. The SMILES string of the molecule is Cn1nc(C(=O)NC2(C(=O)O)CCCCC2)cc1-c1ccc(F)cc1. The maximum atomic E-state index is 13.1. The summed E-state index contributed by atoms with van der Waals surface area (Å²) in [5.74, 6) is -1.85. The highest BCUT2D eigenvalue weighted by atomic mass is 19.1. The first-order chi connectivity index (χ1) is 11.9. The Morgan fingerprint density at radius 2 is 1.84 bits per heavy atom. The van der Waals surface area contributed by atoms with E-state index in [2.05, 4.69) is 10.4 Å². The van der Waals surface area contributed by atoms with Gasteiger partial charge in [-0.15, -0.1) is 0 Å². The van der Waals surface area contributed by atoms with Crippen molar-refractivity contribution in [3.63, 3.8) is 0 Å². The molecule has 0 saturated heterocycles. The number of aryl methyl sites for hydroxylation is 1. The Kier molecular flexibility index (Phi) is 4.57. The first kappa shape index (κ1) is 17.1. The van der Waals surface area contributed by atoms with Crippen molar-refractivity contribution in [1.29, 1.82) is 0 Å². The molecule has 132 valence electrons. The summed E-state index contributed by atoms with van der Waals surface area (Å²) in [6.45, 7) is 0. The van der Waals surface area contributed by atoms with E-state index in [-0.39, 0.29) is 11.5 Å². The standard InChI is InChI=1S/C18H20FN3O3/c1-22-15(12-5-7-13(19)8-6-12)11-14(21-22)16(23)20-18(17(24)25)9-3-2-4-10-18/h5-8,11H,2-4,9-10H2,1H3,(H,20,23)(H,24,25). The average molecular weight is 345 g/mol. The lowest BCUT2D eigenvalue weighted by Crippen LogP contribution is -2.55. The number of hydrogen-bond donors (Lipinski definition) is 2. The van der Waals surface area contributed by atoms with E-state index in [0.717, 1.165) is 24.8 Å². The highest BCUT2D eigenvalue weighted by Gasteiger charge is 2.41. The number of aromatic nitrogens is 2. The van der Waals surface area contributed by atoms with Gasteiger partial charge in [0.2, 0.25) is 0 Å². The number of carboxylic acid groups (broad SMARTS) is 1. The topological polar surface area (TPSA) is 84.2 Å². The summed E-state index contributed by atoms with van der Waals surface area (Å²) in [4.78, 5) is 24.3. The van der Waals surface area contributed by atoms with Crippen molar-refractivity contribution in [1.82, 2.24) is 15.1 Å². The molecule has 7 heteroatoms. The first-order valence-electron chi connectivity index (χ1n) is 8.27. The van der Waals surface area contributed by atoms with Gasteiger partial charge >= 0.3 is 5.97 Å². The van der Waals surface area contributed by atoms with Crippen LogP contribution in [0.2, 0.25) is 0 Å². The van der Waals surface area contributed by atoms with Crippen molar-refractivity contribution in [2.75, 3.05) is 0 Å². The maximum Gasteiger partial charge on any atom is 0.329 e. The van der Waals surface area contributed by atoms with Crippen LogP contribution in [-0.4, -0.2) is 32.3 Å². The molecule has 2 N–H and O–H groups in total. The molecule has 1 fully saturated rings. The smallest absolute Gasteiger partial charge is 0.329 e. The van der Waals surface area contributed by atoms with E-state index in [0.29, 0.717) is 18.5 Å². The minimum absolute atomic E-state index is 0.146. The van der Waals surface area contributed by atoms with Crippen molar-refractivity contribution in [2.24, 2.45) is 7.05 Å². The van der Waals surface area contributed by atoms with Crippen molar-refractivity contribution in [2.45, 2.75) is 37.6 Å². The lowest BCUT2D eigenvalue weighted by Gasteiger charge is -2.33. The number of benzene rings is 1. The number of hydrogen-bond acceptors (Lipinski definition) is 3. The highest BCUT2D eigenvalue weighted by molar-refractivity contribution is 5.97. The van der Waals surface area contributed by atoms with Crippen LogP contribution in [0.25, 0.3) is 11.3 Å². The van der Waals surface area contributed by atoms with E-state index in [1.165, 1.54) is 16.8 Å². The van der Waals surface area contributed by atoms with Gasteiger partial charge in [-0.1, -0.05) is 19.3 Å². The van der Waals surface area contributed by atoms with Crippen LogP contribution in [0, 0.1) is 5.82 Å². The number of carbonyl (C=O) groups excluding carboxylic acids is 1. The number of nitrogens with one attached hydrogen (secondary N) is 1. The molecule has 1 aromatic carbocycles. The van der Waals surface area contributed by atoms with Crippen LogP contribution in [0.15, 0.2) is 30.3 Å². The van der Waals surface area contributed by atoms with Gasteiger partial charge in [0.25, 0.3) is 5.91 Å². The Labute approximate surface area is 144 Å². The zero-order valence-corrected chi connectivity index (χ0v) is 14.0. The molecule has 1 aliphatic carbocycles. The van der Waals surface area contributed by atoms with Crippen molar-refractivity contribution >= 4 is 11.9 Å². The van der Waals surface area contributed by atoms with Gasteiger partial charge in [-0.25, -0.2) is 9.18 Å². The van der Waals surface area contributed by atoms with Crippen molar-refractivity contribution in [3.05, 3.63) is 41.8 Å². The molecule has 0 unspecified atom stereocenters. The number of carbonyl (C=O) groups is 2. The fourth-order valence-electron chi connectivity index (χ4n) is 3.30. The Hall–Kier alpha value is -2.70. The van der Waals surface area contributed by atoms with Crippen LogP contribution in [0.3, 0.4) is 0 Å². The Balaban J connectivity index is 1.84. The summed E-state index contributed by atoms with van der Waals surface area (Å²) in [6.07, 6.45) is 3.37. The average Bonchev–Trinajstić information content (AvgIpc) is 2.98. The van der Waals surface area contributed by atoms with Gasteiger partial charge in [0.05, 0.1) is 5.69 Å². The molecule has 1 aliphatic rings. The summed E-state index contributed by atoms with van der Waals surface area (Å²) in [5, 5.41) is 16.4. The molecule has 2 aromatic rings. The van der Waals surface area contributed by atoms with E-state index < -0.39 is 17.4 Å². The van der Waals surface area contributed by atoms with Gasteiger partial charge in [0, 0.05) is 7.05 Å². The summed E-state index contributed by atoms with van der Waals surface area (Å²) >= 11 is 0. The lowest BCUT2D eigenvalue weighted by atomic mass is 9.81. The Bertz CT molecular complexity index is 792. The molecule has 1 amide bonds. The first-order valence-corrected chi connectivity index (χ1v) is 8.27. The molecule has 0 bridgehead atoms. The van der Waals surface area contributed by atoms with Crippen molar-refractivity contribution in [3.8, 4) is 11.3 Å². The van der Waals surface area contributed by atoms with E-state index >= 15 is 0 Å². The Morgan fingerprint density at radius 3 is 2.44 bits per heavy atom. The van der Waals surface area contributed by atoms with Gasteiger partial charge < -0.3 is 10.4 Å². The number of rotatable bonds is 4. The van der Waals surface area contributed by atoms with E-state index in [4.69, 9.17) is 0 Å². The molecule has 25 heavy (non-hydrogen) atoms. The second kappa shape index (κ2) is 6.66. The maximum absolute atomic E-state index is 13.1. The zero-order chi connectivity index (χ0) is 18.0. The second-order valence-corrected chi connectivity index (χ2v) is 6.45. The van der Waals surface area contributed by atoms with Crippen LogP contribution < -0.4 is 5.32 Å². The van der Waals surface area contributed by atoms with E-state index in [1.54, 1.807) is 25.2 Å². The quantitative estimate of drug-likeness (QED) is 0.892. The lowest BCUT2D eigenvalue weighted by molar-refractivity contribution is -0.145. The number of carboxylic acids is 1. The minimum Gasteiger partial charge on any atom is -0.480 e. The molecule has 0 radical (unpaired) electrons. The van der Waals surface area contributed by atoms with Crippen LogP contribution in [0.4, 0.5) is 4.39 Å². The summed E-state index contributed by atoms with van der Waals surface area (Å²) in [7, 11) is 1.68. The number of halogens is 1. The Morgan fingerprint density at radius 1 is 1.20 bits per heavy atom. The predicted octanol–water partition coefficient (Wildman–Crippen LogP) is 2.74. The van der Waals surface area contributed by atoms with Gasteiger partial charge in [-0.3, -0.25) is 9.48 Å². The van der Waals surface area contributed by atoms with Gasteiger partial charge in [-0.2, -0.15) is 5.10 Å². The normalized spacial score (nSPS) is 16.4. The molecule has 1 heterocycles.